The first-order valence-corrected chi connectivity index (χ1v) is 7.60. The van der Waals surface area contributed by atoms with Crippen molar-refractivity contribution in [2.45, 2.75) is 6.42 Å². The number of non-ortho nitro benzene ring substituents is 1. The molecule has 0 radical (unpaired) electrons. The molecule has 22 heavy (non-hydrogen) atoms. The quantitative estimate of drug-likeness (QED) is 0.406. The fourth-order valence-electron chi connectivity index (χ4n) is 2.48. The predicted molar refractivity (Wildman–Crippen MR) is 82.7 cm³/mol. The highest BCUT2D eigenvalue weighted by molar-refractivity contribution is 7.12. The minimum Gasteiger partial charge on any atom is -0.384 e. The van der Waals surface area contributed by atoms with E-state index in [-0.39, 0.29) is 17.3 Å². The number of Topliss-reactive ketones (excluding diaryl/α,β-unsaturated/α-hetero) is 2. The number of nitro benzene ring substituents is 1. The van der Waals surface area contributed by atoms with Gasteiger partial charge in [0.25, 0.3) is 5.69 Å². The minimum atomic E-state index is -0.742. The third-order valence-electron chi connectivity index (χ3n) is 3.63. The average Bonchev–Trinajstić information content (AvgIpc) is 2.93. The summed E-state index contributed by atoms with van der Waals surface area (Å²) >= 11 is 1.32. The molecule has 1 atom stereocenters. The third-order valence-corrected chi connectivity index (χ3v) is 4.56. The van der Waals surface area contributed by atoms with Crippen molar-refractivity contribution >= 4 is 34.3 Å². The first kappa shape index (κ1) is 14.4. The van der Waals surface area contributed by atoms with Crippen molar-refractivity contribution in [3.05, 3.63) is 56.3 Å². The second kappa shape index (κ2) is 5.69. The van der Waals surface area contributed by atoms with E-state index >= 15 is 0 Å². The lowest BCUT2D eigenvalue weighted by atomic mass is 9.90. The number of anilines is 1. The van der Waals surface area contributed by atoms with Crippen LogP contribution in [0, 0.1) is 16.0 Å². The molecule has 1 N–H and O–H groups in total. The van der Waals surface area contributed by atoms with Crippen LogP contribution in [-0.2, 0) is 0 Å². The van der Waals surface area contributed by atoms with E-state index in [0.717, 1.165) is 5.69 Å². The molecule has 0 bridgehead atoms. The van der Waals surface area contributed by atoms with Crippen LogP contribution in [-0.4, -0.2) is 23.0 Å². The van der Waals surface area contributed by atoms with E-state index in [2.05, 4.69) is 5.32 Å². The zero-order valence-corrected chi connectivity index (χ0v) is 12.3. The monoisotopic (exact) mass is 316 g/mol. The van der Waals surface area contributed by atoms with E-state index in [1.165, 1.54) is 35.6 Å². The average molecular weight is 316 g/mol. The Morgan fingerprint density at radius 1 is 1.27 bits per heavy atom. The molecule has 6 nitrogen and oxygen atoms in total. The van der Waals surface area contributed by atoms with Gasteiger partial charge in [0.2, 0.25) is 0 Å². The Hall–Kier alpha value is -2.54. The van der Waals surface area contributed by atoms with Gasteiger partial charge in [0.05, 0.1) is 21.4 Å². The van der Waals surface area contributed by atoms with E-state index in [4.69, 9.17) is 0 Å². The number of benzene rings is 1. The lowest BCUT2D eigenvalue weighted by Crippen LogP contribution is -2.24. The number of nitrogens with zero attached hydrogens (tertiary/aromatic N) is 1. The molecule has 0 saturated heterocycles. The van der Waals surface area contributed by atoms with Gasteiger partial charge in [-0.2, -0.15) is 0 Å². The Morgan fingerprint density at radius 2 is 2.00 bits per heavy atom. The van der Waals surface area contributed by atoms with Crippen LogP contribution in [0.1, 0.15) is 26.5 Å². The maximum absolute atomic E-state index is 12.6. The van der Waals surface area contributed by atoms with Gasteiger partial charge in [-0.15, -0.1) is 11.3 Å². The molecule has 1 aliphatic rings. The number of hydrogen-bond acceptors (Lipinski definition) is 6. The summed E-state index contributed by atoms with van der Waals surface area (Å²) in [5.74, 6) is -1.21. The number of ketones is 2. The summed E-state index contributed by atoms with van der Waals surface area (Å²) in [6.45, 7) is 0.541. The highest BCUT2D eigenvalue weighted by Gasteiger charge is 2.32. The first-order valence-electron chi connectivity index (χ1n) is 6.72. The number of thiophene rings is 1. The minimum absolute atomic E-state index is 0.0778. The molecule has 1 unspecified atom stereocenters. The number of fused-ring (bicyclic) bond motifs is 1. The Kier molecular flexibility index (Phi) is 3.72. The van der Waals surface area contributed by atoms with Gasteiger partial charge in [-0.05, 0) is 30.0 Å². The summed E-state index contributed by atoms with van der Waals surface area (Å²) in [6, 6.07) is 7.20. The van der Waals surface area contributed by atoms with Crippen molar-refractivity contribution in [3.63, 3.8) is 0 Å². The molecule has 1 aliphatic heterocycles. The van der Waals surface area contributed by atoms with Crippen LogP contribution in [0.3, 0.4) is 0 Å². The second-order valence-corrected chi connectivity index (χ2v) is 5.88. The van der Waals surface area contributed by atoms with Gasteiger partial charge in [0, 0.05) is 24.2 Å². The molecule has 0 fully saturated rings. The second-order valence-electron chi connectivity index (χ2n) is 4.96. The summed E-state index contributed by atoms with van der Waals surface area (Å²) in [4.78, 5) is 35.8. The van der Waals surface area contributed by atoms with E-state index in [9.17, 15) is 19.7 Å². The number of nitrogens with one attached hydrogen (secondary N) is 1. The molecule has 0 amide bonds. The molecule has 0 saturated carbocycles. The zero-order chi connectivity index (χ0) is 15.7. The molecule has 1 aromatic carbocycles. The zero-order valence-electron chi connectivity index (χ0n) is 11.4. The summed E-state index contributed by atoms with van der Waals surface area (Å²) in [5.41, 5.74) is 1.02. The van der Waals surface area contributed by atoms with Crippen molar-refractivity contribution in [1.82, 2.24) is 0 Å². The number of hydrogen-bond donors (Lipinski definition) is 1. The van der Waals surface area contributed by atoms with E-state index in [1.54, 1.807) is 0 Å². The van der Waals surface area contributed by atoms with Gasteiger partial charge in [-0.25, -0.2) is 0 Å². The Bertz CT molecular complexity index is 751. The van der Waals surface area contributed by atoms with E-state index < -0.39 is 10.8 Å². The molecule has 7 heteroatoms. The highest BCUT2D eigenvalue weighted by Crippen LogP contribution is 2.31. The van der Waals surface area contributed by atoms with Crippen LogP contribution in [0.4, 0.5) is 11.4 Å². The van der Waals surface area contributed by atoms with Crippen LogP contribution in [0.25, 0.3) is 0 Å². The van der Waals surface area contributed by atoms with Crippen molar-refractivity contribution in [3.8, 4) is 0 Å². The van der Waals surface area contributed by atoms with Gasteiger partial charge in [-0.1, -0.05) is 0 Å². The van der Waals surface area contributed by atoms with Crippen LogP contribution in [0.2, 0.25) is 0 Å². The molecular weight excluding hydrogens is 304 g/mol. The topological polar surface area (TPSA) is 89.3 Å². The van der Waals surface area contributed by atoms with Crippen molar-refractivity contribution in [2.75, 3.05) is 11.9 Å². The van der Waals surface area contributed by atoms with Crippen LogP contribution in [0.15, 0.2) is 35.7 Å². The largest absolute Gasteiger partial charge is 0.384 e. The summed E-state index contributed by atoms with van der Waals surface area (Å²) < 4.78 is 0. The van der Waals surface area contributed by atoms with Crippen molar-refractivity contribution in [1.29, 1.82) is 0 Å². The standard InChI is InChI=1S/C15H12N2O4S/c18-13(9-1-3-10(4-2-9)17(20)21)11-5-7-16-12-6-8-22-15(12)14(11)19/h1-4,6,8,11,16H,5,7H2. The molecular formula is C15H12N2O4S. The van der Waals surface area contributed by atoms with Gasteiger partial charge >= 0.3 is 0 Å². The van der Waals surface area contributed by atoms with Crippen LogP contribution < -0.4 is 5.32 Å². The number of carbonyl (C=O) groups excluding carboxylic acids is 2. The van der Waals surface area contributed by atoms with Crippen molar-refractivity contribution < 1.29 is 14.5 Å². The predicted octanol–water partition coefficient (Wildman–Crippen LogP) is 3.15. The number of carbonyl (C=O) groups is 2. The fraction of sp³-hybridized carbons (Fsp3) is 0.200. The molecule has 0 spiro atoms. The molecule has 112 valence electrons. The molecule has 2 heterocycles. The summed E-state index contributed by atoms with van der Waals surface area (Å²) in [7, 11) is 0. The first-order chi connectivity index (χ1) is 10.6. The van der Waals surface area contributed by atoms with E-state index in [1.807, 2.05) is 11.4 Å². The van der Waals surface area contributed by atoms with Gasteiger partial charge in [0.15, 0.2) is 11.6 Å². The maximum Gasteiger partial charge on any atom is 0.269 e. The fourth-order valence-corrected chi connectivity index (χ4v) is 3.34. The SMILES string of the molecule is O=C(c1ccc([N+](=O)[O-])cc1)C1CCNc2ccsc2C1=O. The van der Waals surface area contributed by atoms with Gasteiger partial charge < -0.3 is 5.32 Å². The lowest BCUT2D eigenvalue weighted by Gasteiger charge is -2.11. The lowest BCUT2D eigenvalue weighted by molar-refractivity contribution is -0.384. The highest BCUT2D eigenvalue weighted by atomic mass is 32.1. The number of rotatable bonds is 3. The molecule has 3 rings (SSSR count). The van der Waals surface area contributed by atoms with Crippen LogP contribution >= 0.6 is 11.3 Å². The maximum atomic E-state index is 12.6. The molecule has 2 aromatic rings. The molecule has 0 aliphatic carbocycles. The van der Waals surface area contributed by atoms with Crippen LogP contribution in [0.5, 0.6) is 0 Å². The summed E-state index contributed by atoms with van der Waals surface area (Å²) in [5, 5.41) is 15.6. The smallest absolute Gasteiger partial charge is 0.269 e. The van der Waals surface area contributed by atoms with Crippen molar-refractivity contribution in [2.24, 2.45) is 5.92 Å². The van der Waals surface area contributed by atoms with E-state index in [0.29, 0.717) is 23.4 Å². The third kappa shape index (κ3) is 2.50. The van der Waals surface area contributed by atoms with Gasteiger partial charge in [-0.3, -0.25) is 19.7 Å². The molecule has 1 aromatic heterocycles. The Labute approximate surface area is 129 Å². The Morgan fingerprint density at radius 3 is 2.68 bits per heavy atom. The summed E-state index contributed by atoms with van der Waals surface area (Å²) in [6.07, 6.45) is 0.413. The Balaban J connectivity index is 1.88. The number of nitro groups is 1. The normalized spacial score (nSPS) is 17.3. The van der Waals surface area contributed by atoms with Gasteiger partial charge in [0.1, 0.15) is 0 Å².